The Morgan fingerprint density at radius 3 is 2.45 bits per heavy atom. The maximum absolute atomic E-state index is 10.6. The number of benzene rings is 1. The van der Waals surface area contributed by atoms with Gasteiger partial charge < -0.3 is 9.84 Å². The topological polar surface area (TPSA) is 103 Å². The van der Waals surface area contributed by atoms with Crippen molar-refractivity contribution < 1.29 is 19.6 Å². The van der Waals surface area contributed by atoms with E-state index in [1.165, 1.54) is 12.1 Å². The molecule has 112 valence electrons. The van der Waals surface area contributed by atoms with Crippen LogP contribution in [0.25, 0.3) is 5.57 Å². The lowest BCUT2D eigenvalue weighted by atomic mass is 10.1. The number of aliphatic carboxylic acids is 1. The first-order chi connectivity index (χ1) is 10.5. The van der Waals surface area contributed by atoms with Gasteiger partial charge in [0.2, 0.25) is 5.88 Å². The molecule has 0 bridgehead atoms. The monoisotopic (exact) mass is 300 g/mol. The second-order valence-electron chi connectivity index (χ2n) is 4.40. The summed E-state index contributed by atoms with van der Waals surface area (Å²) in [4.78, 5) is 24.4. The van der Waals surface area contributed by atoms with Crippen molar-refractivity contribution in [2.45, 2.75) is 6.92 Å². The molecule has 7 heteroatoms. The van der Waals surface area contributed by atoms with Crippen LogP contribution < -0.4 is 4.74 Å². The molecule has 1 heterocycles. The molecule has 0 unspecified atom stereocenters. The molecular weight excluding hydrogens is 288 g/mol. The molecule has 1 aromatic carbocycles. The highest BCUT2D eigenvalue weighted by atomic mass is 16.6. The largest absolute Gasteiger partial charge is 0.478 e. The van der Waals surface area contributed by atoms with Crippen molar-refractivity contribution >= 4 is 17.2 Å². The highest BCUT2D eigenvalue weighted by Gasteiger charge is 2.06. The van der Waals surface area contributed by atoms with Gasteiger partial charge in [-0.3, -0.25) is 10.1 Å². The molecule has 7 nitrogen and oxygen atoms in total. The van der Waals surface area contributed by atoms with Gasteiger partial charge in [-0.25, -0.2) is 9.78 Å². The Morgan fingerprint density at radius 2 is 1.95 bits per heavy atom. The van der Waals surface area contributed by atoms with E-state index < -0.39 is 10.9 Å². The summed E-state index contributed by atoms with van der Waals surface area (Å²) >= 11 is 0. The van der Waals surface area contributed by atoms with Crippen molar-refractivity contribution in [2.75, 3.05) is 0 Å². The maximum atomic E-state index is 10.6. The maximum Gasteiger partial charge on any atom is 0.328 e. The number of carboxylic acid groups (broad SMARTS) is 1. The van der Waals surface area contributed by atoms with E-state index in [1.807, 2.05) is 0 Å². The number of hydrogen-bond acceptors (Lipinski definition) is 5. The summed E-state index contributed by atoms with van der Waals surface area (Å²) in [6.07, 6.45) is 2.23. The third-order valence-corrected chi connectivity index (χ3v) is 2.80. The van der Waals surface area contributed by atoms with Crippen LogP contribution in [0.5, 0.6) is 11.6 Å². The van der Waals surface area contributed by atoms with Crippen LogP contribution in [-0.4, -0.2) is 21.0 Å². The fourth-order valence-corrected chi connectivity index (χ4v) is 1.72. The molecule has 1 N–H and O–H groups in total. The molecule has 2 aromatic rings. The summed E-state index contributed by atoms with van der Waals surface area (Å²) in [5.74, 6) is -0.280. The van der Waals surface area contributed by atoms with Gasteiger partial charge in [-0.15, -0.1) is 0 Å². The van der Waals surface area contributed by atoms with E-state index in [9.17, 15) is 14.9 Å². The Kier molecular flexibility index (Phi) is 4.47. The number of rotatable bonds is 5. The van der Waals surface area contributed by atoms with Crippen LogP contribution in [0.1, 0.15) is 12.5 Å². The molecule has 22 heavy (non-hydrogen) atoms. The molecule has 0 saturated heterocycles. The predicted molar refractivity (Wildman–Crippen MR) is 78.7 cm³/mol. The van der Waals surface area contributed by atoms with Crippen LogP contribution in [0, 0.1) is 10.1 Å². The zero-order valence-electron chi connectivity index (χ0n) is 11.6. The summed E-state index contributed by atoms with van der Waals surface area (Å²) in [5, 5.41) is 19.2. The second kappa shape index (κ2) is 6.49. The molecule has 0 saturated carbocycles. The lowest BCUT2D eigenvalue weighted by Gasteiger charge is -2.06. The smallest absolute Gasteiger partial charge is 0.328 e. The average molecular weight is 300 g/mol. The molecule has 0 atom stereocenters. The zero-order valence-corrected chi connectivity index (χ0v) is 11.6. The van der Waals surface area contributed by atoms with Crippen molar-refractivity contribution in [1.82, 2.24) is 4.98 Å². The van der Waals surface area contributed by atoms with E-state index in [0.29, 0.717) is 11.3 Å². The van der Waals surface area contributed by atoms with Crippen molar-refractivity contribution in [3.05, 3.63) is 64.3 Å². The van der Waals surface area contributed by atoms with Crippen molar-refractivity contribution in [3.63, 3.8) is 0 Å². The quantitative estimate of drug-likeness (QED) is 0.516. The summed E-state index contributed by atoms with van der Waals surface area (Å²) in [7, 11) is 0. The number of aromatic nitrogens is 1. The van der Waals surface area contributed by atoms with E-state index in [2.05, 4.69) is 4.98 Å². The Balaban J connectivity index is 2.11. The lowest BCUT2D eigenvalue weighted by molar-refractivity contribution is -0.385. The van der Waals surface area contributed by atoms with Crippen LogP contribution >= 0.6 is 0 Å². The Labute approximate surface area is 125 Å². The van der Waals surface area contributed by atoms with E-state index in [4.69, 9.17) is 9.84 Å². The minimum atomic E-state index is -1.01. The normalized spacial score (nSPS) is 11.0. The lowest BCUT2D eigenvalue weighted by Crippen LogP contribution is -1.92. The molecule has 0 amide bonds. The third-order valence-electron chi connectivity index (χ3n) is 2.80. The number of hydrogen-bond donors (Lipinski definition) is 1. The minimum Gasteiger partial charge on any atom is -0.478 e. The minimum absolute atomic E-state index is 0.114. The van der Waals surface area contributed by atoms with Gasteiger partial charge in [0.25, 0.3) is 5.69 Å². The molecule has 1 aromatic heterocycles. The highest BCUT2D eigenvalue weighted by Crippen LogP contribution is 2.23. The molecule has 0 fully saturated rings. The van der Waals surface area contributed by atoms with Crippen LogP contribution in [0.3, 0.4) is 0 Å². The van der Waals surface area contributed by atoms with Crippen molar-refractivity contribution in [3.8, 4) is 11.6 Å². The fourth-order valence-electron chi connectivity index (χ4n) is 1.72. The molecule has 0 aliphatic carbocycles. The van der Waals surface area contributed by atoms with Gasteiger partial charge in [0.05, 0.1) is 4.92 Å². The first kappa shape index (κ1) is 15.2. The van der Waals surface area contributed by atoms with Crippen LogP contribution in [0.15, 0.2) is 48.7 Å². The van der Waals surface area contributed by atoms with E-state index in [0.717, 1.165) is 17.8 Å². The number of allylic oxidation sites excluding steroid dienone is 1. The van der Waals surface area contributed by atoms with Crippen molar-refractivity contribution in [2.24, 2.45) is 0 Å². The summed E-state index contributed by atoms with van der Waals surface area (Å²) in [5.41, 5.74) is 1.26. The van der Waals surface area contributed by atoms with Gasteiger partial charge in [-0.2, -0.15) is 0 Å². The van der Waals surface area contributed by atoms with Gasteiger partial charge in [0.15, 0.2) is 0 Å². The molecule has 0 aliphatic rings. The second-order valence-corrected chi connectivity index (χ2v) is 4.40. The Hall–Kier alpha value is -3.22. The molecule has 0 spiro atoms. The van der Waals surface area contributed by atoms with Crippen LogP contribution in [-0.2, 0) is 4.79 Å². The Morgan fingerprint density at radius 1 is 1.27 bits per heavy atom. The molecule has 0 aliphatic heterocycles. The average Bonchev–Trinajstić information content (AvgIpc) is 2.48. The van der Waals surface area contributed by atoms with Crippen molar-refractivity contribution in [1.29, 1.82) is 0 Å². The summed E-state index contributed by atoms with van der Waals surface area (Å²) in [6, 6.07) is 9.47. The van der Waals surface area contributed by atoms with Gasteiger partial charge in [-0.05, 0) is 30.2 Å². The van der Waals surface area contributed by atoms with E-state index >= 15 is 0 Å². The third kappa shape index (κ3) is 3.89. The molecular formula is C15H12N2O5. The van der Waals surface area contributed by atoms with E-state index in [-0.39, 0.29) is 11.6 Å². The predicted octanol–water partition coefficient (Wildman–Crippen LogP) is 3.27. The first-order valence-electron chi connectivity index (χ1n) is 6.25. The SMILES string of the molecule is CC(=CC(=O)O)c1ccc(Oc2ccc([N+](=O)[O-])cn2)cc1. The molecule has 2 rings (SSSR count). The first-order valence-corrected chi connectivity index (χ1v) is 6.25. The van der Waals surface area contributed by atoms with Gasteiger partial charge in [0.1, 0.15) is 11.9 Å². The fraction of sp³-hybridized carbons (Fsp3) is 0.0667. The number of carboxylic acids is 1. The van der Waals surface area contributed by atoms with Gasteiger partial charge in [0, 0.05) is 18.2 Å². The number of nitro groups is 1. The summed E-state index contributed by atoms with van der Waals surface area (Å²) < 4.78 is 5.46. The number of ether oxygens (including phenoxy) is 1. The highest BCUT2D eigenvalue weighted by molar-refractivity contribution is 5.89. The number of carbonyl (C=O) groups is 1. The zero-order chi connectivity index (χ0) is 16.1. The van der Waals surface area contributed by atoms with Gasteiger partial charge in [-0.1, -0.05) is 12.1 Å². The standard InChI is InChI=1S/C15H12N2O5/c1-10(8-15(18)19)11-2-5-13(6-3-11)22-14-7-4-12(9-16-14)17(20)21/h2-9H,1H3,(H,18,19). The van der Waals surface area contributed by atoms with Crippen LogP contribution in [0.2, 0.25) is 0 Å². The number of nitrogens with zero attached hydrogens (tertiary/aromatic N) is 2. The summed E-state index contributed by atoms with van der Waals surface area (Å²) in [6.45, 7) is 1.70. The Bertz CT molecular complexity index is 721. The van der Waals surface area contributed by atoms with Crippen LogP contribution in [0.4, 0.5) is 5.69 Å². The van der Waals surface area contributed by atoms with Gasteiger partial charge >= 0.3 is 5.97 Å². The van der Waals surface area contributed by atoms with E-state index in [1.54, 1.807) is 31.2 Å². The molecule has 0 radical (unpaired) electrons. The number of pyridine rings is 1.